The lowest BCUT2D eigenvalue weighted by Gasteiger charge is -2.11. The molecule has 0 radical (unpaired) electrons. The van der Waals surface area contributed by atoms with Crippen LogP contribution in [0.1, 0.15) is 5.56 Å². The van der Waals surface area contributed by atoms with Crippen molar-refractivity contribution >= 4 is 58.2 Å². The Bertz CT molecular complexity index is 1270. The predicted molar refractivity (Wildman–Crippen MR) is 132 cm³/mol. The lowest BCUT2D eigenvalue weighted by Crippen LogP contribution is -2.15. The molecule has 0 saturated carbocycles. The first-order chi connectivity index (χ1) is 15.4. The molecule has 0 aliphatic carbocycles. The molecule has 4 rings (SSSR count). The molecule has 1 amide bonds. The van der Waals surface area contributed by atoms with Gasteiger partial charge < -0.3 is 5.32 Å². The number of anilines is 1. The van der Waals surface area contributed by atoms with Crippen molar-refractivity contribution in [1.29, 1.82) is 0 Å². The number of aryl methyl sites for hydroxylation is 1. The maximum absolute atomic E-state index is 12.6. The number of thioether (sulfide) groups is 1. The molecule has 1 heterocycles. The third-order valence-electron chi connectivity index (χ3n) is 4.54. The van der Waals surface area contributed by atoms with Crippen molar-refractivity contribution in [2.75, 3.05) is 11.1 Å². The summed E-state index contributed by atoms with van der Waals surface area (Å²) in [6.45, 7) is 2.02. The fourth-order valence-corrected chi connectivity index (χ4v) is 4.29. The van der Waals surface area contributed by atoms with Gasteiger partial charge in [-0.1, -0.05) is 76.4 Å². The molecule has 5 nitrogen and oxygen atoms in total. The van der Waals surface area contributed by atoms with Gasteiger partial charge in [0.2, 0.25) is 5.91 Å². The SMILES string of the molecule is Cc1ccc(-n2c(SCC(=O)Nc3cc(Cl)ccc3Cl)nnc2-c2cccc(Cl)c2)cc1. The standard InChI is InChI=1S/C23H17Cl3N4OS/c1-14-5-8-18(9-6-14)30-22(15-3-2-4-16(24)11-15)28-29-23(30)32-13-21(31)27-20-12-17(25)7-10-19(20)26/h2-12H,13H2,1H3,(H,27,31). The van der Waals surface area contributed by atoms with Crippen molar-refractivity contribution in [3.8, 4) is 17.1 Å². The minimum atomic E-state index is -0.234. The third kappa shape index (κ3) is 5.27. The highest BCUT2D eigenvalue weighted by atomic mass is 35.5. The van der Waals surface area contributed by atoms with Crippen LogP contribution in [-0.4, -0.2) is 26.4 Å². The normalized spacial score (nSPS) is 10.9. The van der Waals surface area contributed by atoms with Crippen molar-refractivity contribution in [2.24, 2.45) is 0 Å². The molecular formula is C23H17Cl3N4OS. The quantitative estimate of drug-likeness (QED) is 0.290. The van der Waals surface area contributed by atoms with Gasteiger partial charge in [0.25, 0.3) is 0 Å². The van der Waals surface area contributed by atoms with Crippen LogP contribution in [0, 0.1) is 6.92 Å². The van der Waals surface area contributed by atoms with Crippen LogP contribution in [0.2, 0.25) is 15.1 Å². The number of halogens is 3. The minimum absolute atomic E-state index is 0.113. The van der Waals surface area contributed by atoms with E-state index in [1.165, 1.54) is 11.8 Å². The highest BCUT2D eigenvalue weighted by Gasteiger charge is 2.18. The van der Waals surface area contributed by atoms with Gasteiger partial charge in [-0.3, -0.25) is 9.36 Å². The van der Waals surface area contributed by atoms with Crippen molar-refractivity contribution < 1.29 is 4.79 Å². The number of hydrogen-bond donors (Lipinski definition) is 1. The molecule has 0 aliphatic rings. The molecule has 9 heteroatoms. The van der Waals surface area contributed by atoms with Crippen LogP contribution in [0.3, 0.4) is 0 Å². The Morgan fingerprint density at radius 2 is 1.72 bits per heavy atom. The van der Waals surface area contributed by atoms with Crippen LogP contribution in [0.4, 0.5) is 5.69 Å². The molecule has 1 N–H and O–H groups in total. The van der Waals surface area contributed by atoms with Gasteiger partial charge >= 0.3 is 0 Å². The Morgan fingerprint density at radius 3 is 2.47 bits per heavy atom. The molecule has 0 unspecified atom stereocenters. The number of nitrogens with one attached hydrogen (secondary N) is 1. The van der Waals surface area contributed by atoms with Crippen molar-refractivity contribution in [3.05, 3.63) is 87.4 Å². The largest absolute Gasteiger partial charge is 0.324 e. The summed E-state index contributed by atoms with van der Waals surface area (Å²) in [6, 6.07) is 20.3. The molecule has 0 bridgehead atoms. The molecule has 0 aliphatic heterocycles. The van der Waals surface area contributed by atoms with E-state index in [1.54, 1.807) is 24.3 Å². The second kappa shape index (κ2) is 9.96. The smallest absolute Gasteiger partial charge is 0.234 e. The molecule has 4 aromatic rings. The first-order valence-corrected chi connectivity index (χ1v) is 11.7. The molecule has 0 saturated heterocycles. The summed E-state index contributed by atoms with van der Waals surface area (Å²) >= 11 is 19.6. The molecule has 32 heavy (non-hydrogen) atoms. The Hall–Kier alpha value is -2.51. The Labute approximate surface area is 204 Å². The van der Waals surface area contributed by atoms with E-state index in [9.17, 15) is 4.79 Å². The average molecular weight is 504 g/mol. The maximum Gasteiger partial charge on any atom is 0.234 e. The molecule has 1 aromatic heterocycles. The van der Waals surface area contributed by atoms with E-state index in [-0.39, 0.29) is 11.7 Å². The summed E-state index contributed by atoms with van der Waals surface area (Å²) in [5, 5.41) is 13.6. The highest BCUT2D eigenvalue weighted by Crippen LogP contribution is 2.30. The molecule has 0 spiro atoms. The topological polar surface area (TPSA) is 59.8 Å². The lowest BCUT2D eigenvalue weighted by atomic mass is 10.2. The van der Waals surface area contributed by atoms with Crippen LogP contribution in [0.15, 0.2) is 71.9 Å². The summed E-state index contributed by atoms with van der Waals surface area (Å²) in [6.07, 6.45) is 0. The number of carbonyl (C=O) groups excluding carboxylic acids is 1. The van der Waals surface area contributed by atoms with E-state index < -0.39 is 0 Å². The highest BCUT2D eigenvalue weighted by molar-refractivity contribution is 7.99. The summed E-state index contributed by atoms with van der Waals surface area (Å²) in [5.41, 5.74) is 3.31. The Balaban J connectivity index is 1.61. The van der Waals surface area contributed by atoms with E-state index in [0.717, 1.165) is 16.8 Å². The third-order valence-corrected chi connectivity index (χ3v) is 6.27. The first kappa shape index (κ1) is 22.7. The van der Waals surface area contributed by atoms with E-state index in [2.05, 4.69) is 15.5 Å². The van der Waals surface area contributed by atoms with E-state index >= 15 is 0 Å². The maximum atomic E-state index is 12.6. The van der Waals surface area contributed by atoms with Gasteiger partial charge in [0.15, 0.2) is 11.0 Å². The molecular weight excluding hydrogens is 487 g/mol. The molecule has 3 aromatic carbocycles. The first-order valence-electron chi connectivity index (χ1n) is 9.57. The zero-order chi connectivity index (χ0) is 22.7. The van der Waals surface area contributed by atoms with Gasteiger partial charge in [0.05, 0.1) is 16.5 Å². The van der Waals surface area contributed by atoms with Gasteiger partial charge in [-0.25, -0.2) is 0 Å². The molecule has 0 atom stereocenters. The van der Waals surface area contributed by atoms with Crippen LogP contribution < -0.4 is 5.32 Å². The van der Waals surface area contributed by atoms with Gasteiger partial charge in [-0.2, -0.15) is 0 Å². The predicted octanol–water partition coefficient (Wildman–Crippen LogP) is 6.93. The Kier molecular flexibility index (Phi) is 7.06. The Morgan fingerprint density at radius 1 is 0.969 bits per heavy atom. The second-order valence-electron chi connectivity index (χ2n) is 6.95. The monoisotopic (exact) mass is 502 g/mol. The minimum Gasteiger partial charge on any atom is -0.324 e. The van der Waals surface area contributed by atoms with Gasteiger partial charge in [0, 0.05) is 21.3 Å². The number of nitrogens with zero attached hydrogens (tertiary/aromatic N) is 3. The van der Waals surface area contributed by atoms with Gasteiger partial charge in [-0.15, -0.1) is 10.2 Å². The van der Waals surface area contributed by atoms with Crippen molar-refractivity contribution in [1.82, 2.24) is 14.8 Å². The summed E-state index contributed by atoms with van der Waals surface area (Å²) in [7, 11) is 0. The van der Waals surface area contributed by atoms with Crippen molar-refractivity contribution in [3.63, 3.8) is 0 Å². The number of carbonyl (C=O) groups is 1. The van der Waals surface area contributed by atoms with Crippen LogP contribution in [0.25, 0.3) is 17.1 Å². The second-order valence-corrected chi connectivity index (χ2v) is 9.17. The molecule has 162 valence electrons. The fourth-order valence-electron chi connectivity index (χ4n) is 3.01. The number of benzene rings is 3. The van der Waals surface area contributed by atoms with Crippen LogP contribution in [0.5, 0.6) is 0 Å². The lowest BCUT2D eigenvalue weighted by molar-refractivity contribution is -0.113. The van der Waals surface area contributed by atoms with Gasteiger partial charge in [0.1, 0.15) is 0 Å². The van der Waals surface area contributed by atoms with E-state index in [0.29, 0.717) is 31.7 Å². The number of rotatable bonds is 6. The number of aromatic nitrogens is 3. The van der Waals surface area contributed by atoms with Crippen LogP contribution in [-0.2, 0) is 4.79 Å². The number of hydrogen-bond acceptors (Lipinski definition) is 4. The van der Waals surface area contributed by atoms with Crippen molar-refractivity contribution in [2.45, 2.75) is 12.1 Å². The summed E-state index contributed by atoms with van der Waals surface area (Å²) < 4.78 is 1.91. The zero-order valence-electron chi connectivity index (χ0n) is 16.8. The fraction of sp³-hybridized carbons (Fsp3) is 0.0870. The summed E-state index contributed by atoms with van der Waals surface area (Å²) in [5.74, 6) is 0.515. The number of amides is 1. The van der Waals surface area contributed by atoms with Gasteiger partial charge in [-0.05, 0) is 49.4 Å². The molecule has 0 fully saturated rings. The van der Waals surface area contributed by atoms with E-state index in [1.807, 2.05) is 54.0 Å². The zero-order valence-corrected chi connectivity index (χ0v) is 19.9. The van der Waals surface area contributed by atoms with E-state index in [4.69, 9.17) is 34.8 Å². The summed E-state index contributed by atoms with van der Waals surface area (Å²) in [4.78, 5) is 12.6. The van der Waals surface area contributed by atoms with Crippen LogP contribution >= 0.6 is 46.6 Å². The average Bonchev–Trinajstić information content (AvgIpc) is 3.19.